The van der Waals surface area contributed by atoms with Crippen molar-refractivity contribution in [1.29, 1.82) is 0 Å². The first-order chi connectivity index (χ1) is 13.4. The molecule has 3 aromatic rings. The maximum atomic E-state index is 5.98. The molecular formula is C25H22O2. The van der Waals surface area contributed by atoms with Crippen LogP contribution in [0.25, 0.3) is 0 Å². The van der Waals surface area contributed by atoms with Crippen LogP contribution >= 0.6 is 0 Å². The lowest BCUT2D eigenvalue weighted by Gasteiger charge is -2.04. The zero-order chi connectivity index (χ0) is 18.1. The number of ether oxygens (including phenoxy) is 2. The number of fused-ring (bicyclic) bond motifs is 1. The number of hydrogen-bond acceptors (Lipinski definition) is 2. The van der Waals surface area contributed by atoms with Crippen LogP contribution in [0, 0.1) is 5.92 Å². The van der Waals surface area contributed by atoms with Crippen LogP contribution < -0.4 is 9.47 Å². The zero-order valence-electron chi connectivity index (χ0n) is 15.1. The normalized spacial score (nSPS) is 23.4. The number of rotatable bonds is 3. The van der Waals surface area contributed by atoms with Crippen LogP contribution in [0.3, 0.4) is 0 Å². The van der Waals surface area contributed by atoms with E-state index in [1.54, 1.807) is 0 Å². The predicted octanol–water partition coefficient (Wildman–Crippen LogP) is 5.58. The van der Waals surface area contributed by atoms with Crippen LogP contribution in [0.15, 0.2) is 96.6 Å². The third-order valence-electron chi connectivity index (χ3n) is 5.55. The van der Waals surface area contributed by atoms with Gasteiger partial charge in [-0.1, -0.05) is 78.9 Å². The molecule has 1 unspecified atom stereocenters. The molecule has 1 fully saturated rings. The molecule has 1 aliphatic heterocycles. The van der Waals surface area contributed by atoms with Gasteiger partial charge in [0.15, 0.2) is 11.5 Å². The van der Waals surface area contributed by atoms with Gasteiger partial charge in [0.1, 0.15) is 13.2 Å². The van der Waals surface area contributed by atoms with E-state index in [1.165, 1.54) is 16.7 Å². The molecule has 2 aliphatic rings. The minimum absolute atomic E-state index is 0.484. The number of benzene rings is 3. The highest BCUT2D eigenvalue weighted by Crippen LogP contribution is 2.61. The molecule has 1 saturated carbocycles. The van der Waals surface area contributed by atoms with Gasteiger partial charge < -0.3 is 9.47 Å². The first-order valence-electron chi connectivity index (χ1n) is 9.54. The van der Waals surface area contributed by atoms with Crippen LogP contribution in [0.5, 0.6) is 11.5 Å². The van der Waals surface area contributed by atoms with Crippen LogP contribution in [0.1, 0.15) is 23.0 Å². The molecule has 27 heavy (non-hydrogen) atoms. The molecule has 134 valence electrons. The van der Waals surface area contributed by atoms with Crippen molar-refractivity contribution in [3.8, 4) is 11.5 Å². The van der Waals surface area contributed by atoms with E-state index in [9.17, 15) is 0 Å². The Morgan fingerprint density at radius 3 is 1.52 bits per heavy atom. The van der Waals surface area contributed by atoms with Crippen molar-refractivity contribution in [2.45, 2.75) is 11.8 Å². The van der Waals surface area contributed by atoms with E-state index in [0.29, 0.717) is 31.0 Å². The molecule has 1 aliphatic carbocycles. The van der Waals surface area contributed by atoms with E-state index in [2.05, 4.69) is 66.7 Å². The lowest BCUT2D eigenvalue weighted by Crippen LogP contribution is -2.05. The first-order valence-corrected chi connectivity index (χ1v) is 9.54. The van der Waals surface area contributed by atoms with Gasteiger partial charge >= 0.3 is 0 Å². The summed E-state index contributed by atoms with van der Waals surface area (Å²) in [7, 11) is 0. The molecule has 5 rings (SSSR count). The Kier molecular flexibility index (Phi) is 4.17. The van der Waals surface area contributed by atoms with E-state index in [1.807, 2.05) is 24.3 Å². The molecule has 0 bridgehead atoms. The fourth-order valence-corrected chi connectivity index (χ4v) is 4.19. The third kappa shape index (κ3) is 3.23. The summed E-state index contributed by atoms with van der Waals surface area (Å²) in [5, 5.41) is 0. The fourth-order valence-electron chi connectivity index (χ4n) is 4.19. The Balaban J connectivity index is 1.42. The summed E-state index contributed by atoms with van der Waals surface area (Å²) in [5.41, 5.74) is 4.04. The van der Waals surface area contributed by atoms with Crippen LogP contribution in [-0.2, 0) is 0 Å². The summed E-state index contributed by atoms with van der Waals surface area (Å²) in [5.74, 6) is 3.18. The smallest absolute Gasteiger partial charge is 0.161 e. The SMILES string of the molecule is C(=C1COc2ccccc2OC1)C1[C@@H](c2ccccc2)[C@H]1c1ccccc1. The van der Waals surface area contributed by atoms with Gasteiger partial charge in [0.05, 0.1) is 0 Å². The first kappa shape index (κ1) is 16.2. The summed E-state index contributed by atoms with van der Waals surface area (Å²) in [6.45, 7) is 1.19. The van der Waals surface area contributed by atoms with Crippen LogP contribution in [0.4, 0.5) is 0 Å². The molecule has 3 atom stereocenters. The van der Waals surface area contributed by atoms with Crippen LogP contribution in [-0.4, -0.2) is 13.2 Å². The van der Waals surface area contributed by atoms with E-state index >= 15 is 0 Å². The highest BCUT2D eigenvalue weighted by molar-refractivity contribution is 5.44. The quantitative estimate of drug-likeness (QED) is 0.572. The van der Waals surface area contributed by atoms with Gasteiger partial charge in [-0.15, -0.1) is 0 Å². The molecule has 0 aromatic heterocycles. The standard InChI is InChI=1S/C25H22O2/c1-3-9-19(10-4-1)24-21(25(24)20-11-5-2-6-12-20)15-18-16-26-22-13-7-8-14-23(22)27-17-18/h1-15,21,24-25H,16-17H2/t21?,24-,25+. The van der Waals surface area contributed by atoms with Gasteiger partial charge in [-0.3, -0.25) is 0 Å². The summed E-state index contributed by atoms with van der Waals surface area (Å²) >= 11 is 0. The highest BCUT2D eigenvalue weighted by atomic mass is 16.5. The van der Waals surface area contributed by atoms with E-state index in [4.69, 9.17) is 9.47 Å². The molecule has 0 radical (unpaired) electrons. The number of hydrogen-bond donors (Lipinski definition) is 0. The van der Waals surface area contributed by atoms with Crippen molar-refractivity contribution in [3.05, 3.63) is 108 Å². The topological polar surface area (TPSA) is 18.5 Å². The minimum atomic E-state index is 0.484. The van der Waals surface area contributed by atoms with Crippen LogP contribution in [0.2, 0.25) is 0 Å². The second kappa shape index (κ2) is 6.96. The predicted molar refractivity (Wildman–Crippen MR) is 107 cm³/mol. The minimum Gasteiger partial charge on any atom is -0.485 e. The van der Waals surface area contributed by atoms with Crippen molar-refractivity contribution < 1.29 is 9.47 Å². The van der Waals surface area contributed by atoms with Crippen molar-refractivity contribution in [2.75, 3.05) is 13.2 Å². The van der Waals surface area contributed by atoms with Crippen molar-refractivity contribution in [3.63, 3.8) is 0 Å². The summed E-state index contributed by atoms with van der Waals surface area (Å²) in [4.78, 5) is 0. The third-order valence-corrected chi connectivity index (χ3v) is 5.55. The van der Waals surface area contributed by atoms with Gasteiger partial charge in [-0.2, -0.15) is 0 Å². The Bertz CT molecular complexity index is 872. The summed E-state index contributed by atoms with van der Waals surface area (Å²) < 4.78 is 12.0. The fraction of sp³-hybridized carbons (Fsp3) is 0.200. The van der Waals surface area contributed by atoms with Crippen molar-refractivity contribution in [2.24, 2.45) is 5.92 Å². The lowest BCUT2D eigenvalue weighted by atomic mass is 10.0. The van der Waals surface area contributed by atoms with Crippen molar-refractivity contribution >= 4 is 0 Å². The number of allylic oxidation sites excluding steroid dienone is 1. The van der Waals surface area contributed by atoms with Gasteiger partial charge in [0.25, 0.3) is 0 Å². The van der Waals surface area contributed by atoms with Gasteiger partial charge in [-0.05, 0) is 41.0 Å². The second-order valence-electron chi connectivity index (χ2n) is 7.30. The molecule has 0 N–H and O–H groups in total. The Morgan fingerprint density at radius 2 is 1.04 bits per heavy atom. The number of para-hydroxylation sites is 2. The summed E-state index contributed by atoms with van der Waals surface area (Å²) in [6, 6.07) is 29.6. The molecule has 2 nitrogen and oxygen atoms in total. The molecule has 1 heterocycles. The molecule has 2 heteroatoms. The second-order valence-corrected chi connectivity index (χ2v) is 7.30. The monoisotopic (exact) mass is 354 g/mol. The zero-order valence-corrected chi connectivity index (χ0v) is 15.1. The molecule has 0 amide bonds. The lowest BCUT2D eigenvalue weighted by molar-refractivity contribution is 0.355. The molecule has 3 aromatic carbocycles. The van der Waals surface area contributed by atoms with Gasteiger partial charge in [-0.25, -0.2) is 0 Å². The van der Waals surface area contributed by atoms with Gasteiger partial charge in [0, 0.05) is 5.57 Å². The Hall–Kier alpha value is -3.00. The molecular weight excluding hydrogens is 332 g/mol. The average Bonchev–Trinajstić information content (AvgIpc) is 3.49. The largest absolute Gasteiger partial charge is 0.485 e. The molecule has 0 saturated heterocycles. The average molecular weight is 354 g/mol. The van der Waals surface area contributed by atoms with E-state index in [0.717, 1.165) is 11.5 Å². The Morgan fingerprint density at radius 1 is 0.593 bits per heavy atom. The maximum absolute atomic E-state index is 5.98. The Labute approximate surface area is 160 Å². The van der Waals surface area contributed by atoms with Crippen molar-refractivity contribution in [1.82, 2.24) is 0 Å². The van der Waals surface area contributed by atoms with E-state index < -0.39 is 0 Å². The van der Waals surface area contributed by atoms with Gasteiger partial charge in [0.2, 0.25) is 0 Å². The van der Waals surface area contributed by atoms with E-state index in [-0.39, 0.29) is 0 Å². The molecule has 0 spiro atoms. The highest BCUT2D eigenvalue weighted by Gasteiger charge is 2.50. The summed E-state index contributed by atoms with van der Waals surface area (Å²) in [6.07, 6.45) is 2.39. The maximum Gasteiger partial charge on any atom is 0.161 e.